The molecule has 0 unspecified atom stereocenters. The van der Waals surface area contributed by atoms with Crippen LogP contribution in [0.15, 0.2) is 340 Å². The first-order chi connectivity index (χ1) is 42.9. The maximum Gasteiger partial charge on any atom is 0.0467 e. The molecular weight excluding hydrogens is 1050 g/mol. The Labute approximate surface area is 510 Å². The van der Waals surface area contributed by atoms with Crippen molar-refractivity contribution < 1.29 is 0 Å². The molecule has 14 aromatic carbocycles. The van der Waals surface area contributed by atoms with Crippen LogP contribution in [0.5, 0.6) is 0 Å². The second kappa shape index (κ2) is 22.5. The van der Waals surface area contributed by atoms with Gasteiger partial charge in [0, 0.05) is 39.5 Å². The van der Waals surface area contributed by atoms with Crippen molar-refractivity contribution >= 4 is 44.9 Å². The first-order valence-corrected chi connectivity index (χ1v) is 30.1. The van der Waals surface area contributed by atoms with Gasteiger partial charge < -0.3 is 9.80 Å². The summed E-state index contributed by atoms with van der Waals surface area (Å²) in [5, 5.41) is 2.49. The van der Waals surface area contributed by atoms with Crippen LogP contribution in [0, 0.1) is 0 Å². The van der Waals surface area contributed by atoms with Crippen LogP contribution in [-0.4, -0.2) is 0 Å². The van der Waals surface area contributed by atoms with E-state index in [0.29, 0.717) is 0 Å². The predicted octanol–water partition coefficient (Wildman–Crippen LogP) is 23.8. The molecule has 0 saturated heterocycles. The third-order valence-corrected chi connectivity index (χ3v) is 17.7. The quantitative estimate of drug-likeness (QED) is 0.114. The molecular formula is C85H62N2. The van der Waals surface area contributed by atoms with Gasteiger partial charge in [-0.1, -0.05) is 269 Å². The first kappa shape index (κ1) is 52.7. The van der Waals surface area contributed by atoms with Gasteiger partial charge in [-0.3, -0.25) is 0 Å². The van der Waals surface area contributed by atoms with Crippen LogP contribution in [0.2, 0.25) is 0 Å². The lowest BCUT2D eigenvalue weighted by molar-refractivity contribution is 0.660. The first-order valence-electron chi connectivity index (χ1n) is 30.1. The molecule has 0 spiro atoms. The molecule has 0 amide bonds. The Bertz CT molecular complexity index is 4760. The number of fused-ring (bicyclic) bond motifs is 4. The largest absolute Gasteiger partial charge is 0.310 e. The van der Waals surface area contributed by atoms with Gasteiger partial charge >= 0.3 is 0 Å². The molecule has 87 heavy (non-hydrogen) atoms. The Balaban J connectivity index is 0.837. The summed E-state index contributed by atoms with van der Waals surface area (Å²) in [6, 6.07) is 124. The summed E-state index contributed by atoms with van der Waals surface area (Å²) in [7, 11) is 0. The second-order valence-corrected chi connectivity index (χ2v) is 23.2. The van der Waals surface area contributed by atoms with Crippen LogP contribution in [0.1, 0.15) is 25.0 Å². The number of rotatable bonds is 13. The maximum atomic E-state index is 2.43. The van der Waals surface area contributed by atoms with Gasteiger partial charge in [-0.25, -0.2) is 0 Å². The molecule has 0 aliphatic heterocycles. The highest BCUT2D eigenvalue weighted by Crippen LogP contribution is 2.52. The highest BCUT2D eigenvalue weighted by Gasteiger charge is 2.36. The summed E-state index contributed by atoms with van der Waals surface area (Å²) >= 11 is 0. The molecule has 0 N–H and O–H groups in total. The molecule has 0 fully saturated rings. The van der Waals surface area contributed by atoms with Crippen molar-refractivity contribution in [3.05, 3.63) is 351 Å². The minimum absolute atomic E-state index is 0.153. The van der Waals surface area contributed by atoms with Crippen molar-refractivity contribution in [3.63, 3.8) is 0 Å². The van der Waals surface area contributed by atoms with E-state index in [9.17, 15) is 0 Å². The Hall–Kier alpha value is -11.1. The Morgan fingerprint density at radius 1 is 0.195 bits per heavy atom. The molecule has 0 atom stereocenters. The van der Waals surface area contributed by atoms with Crippen LogP contribution in [0.4, 0.5) is 34.1 Å². The summed E-state index contributed by atoms with van der Waals surface area (Å²) < 4.78 is 0. The monoisotopic (exact) mass is 1110 g/mol. The molecule has 1 aliphatic carbocycles. The molecule has 0 saturated carbocycles. The molecule has 15 rings (SSSR count). The van der Waals surface area contributed by atoms with E-state index >= 15 is 0 Å². The Morgan fingerprint density at radius 3 is 1.06 bits per heavy atom. The third kappa shape index (κ3) is 9.97. The zero-order valence-electron chi connectivity index (χ0n) is 48.7. The van der Waals surface area contributed by atoms with E-state index in [4.69, 9.17) is 0 Å². The van der Waals surface area contributed by atoms with E-state index in [1.165, 1.54) is 83.1 Å². The molecule has 1 aliphatic rings. The van der Waals surface area contributed by atoms with E-state index in [0.717, 1.165) is 61.9 Å². The third-order valence-electron chi connectivity index (χ3n) is 17.7. The fourth-order valence-electron chi connectivity index (χ4n) is 13.3. The van der Waals surface area contributed by atoms with Gasteiger partial charge in [0.1, 0.15) is 0 Å². The molecule has 412 valence electrons. The van der Waals surface area contributed by atoms with E-state index in [2.05, 4.69) is 363 Å². The van der Waals surface area contributed by atoms with Crippen LogP contribution in [0.3, 0.4) is 0 Å². The van der Waals surface area contributed by atoms with E-state index in [1.807, 2.05) is 0 Å². The van der Waals surface area contributed by atoms with Crippen LogP contribution in [0.25, 0.3) is 99.8 Å². The molecule has 0 bridgehead atoms. The summed E-state index contributed by atoms with van der Waals surface area (Å²) in [5.74, 6) is 0. The van der Waals surface area contributed by atoms with Crippen molar-refractivity contribution in [1.82, 2.24) is 0 Å². The molecule has 2 nitrogen and oxygen atoms in total. The number of anilines is 6. The standard InChI is InChI=1S/C85H62N2/c1-85(2)83-36-18-17-34-77(83)78-54-53-74(56-84(78)85)87(71-47-39-65(40-48-71)76-35-20-30-62-29-15-16-33-75(62)76)72-51-43-67(44-52-72)82-58-79(63-25-11-5-12-26-63)81(57-80(82)64-27-13-6-14-28-64)66-41-49-70(50-42-66)86(69-45-37-61(38-46-69)59-21-7-3-8-22-59)73-32-19-31-68(55-73)60-23-9-4-10-24-60/h3-58H,1-2H3. The number of nitrogens with zero attached hydrogens (tertiary/aromatic N) is 2. The highest BCUT2D eigenvalue weighted by atomic mass is 15.1. The van der Waals surface area contributed by atoms with Crippen molar-refractivity contribution in [2.45, 2.75) is 19.3 Å². The van der Waals surface area contributed by atoms with Crippen molar-refractivity contribution in [2.24, 2.45) is 0 Å². The van der Waals surface area contributed by atoms with Gasteiger partial charge in [0.15, 0.2) is 0 Å². The summed E-state index contributed by atoms with van der Waals surface area (Å²) in [4.78, 5) is 4.80. The van der Waals surface area contributed by atoms with Crippen molar-refractivity contribution in [3.8, 4) is 89.0 Å². The molecule has 0 heterocycles. The van der Waals surface area contributed by atoms with E-state index in [1.54, 1.807) is 0 Å². The fourth-order valence-corrected chi connectivity index (χ4v) is 13.3. The SMILES string of the molecule is CC1(C)c2ccccc2-c2ccc(N(c3ccc(-c4cc(-c5ccccc5)c(-c5ccc(N(c6ccc(-c7ccccc7)cc6)c6cccc(-c7ccccc7)c6)cc5)cc4-c4ccccc4)cc3)c3ccc(-c4cccc5ccccc45)cc3)cc21. The lowest BCUT2D eigenvalue weighted by Crippen LogP contribution is -2.16. The number of benzene rings is 14. The Morgan fingerprint density at radius 2 is 0.529 bits per heavy atom. The lowest BCUT2D eigenvalue weighted by Gasteiger charge is -2.28. The second-order valence-electron chi connectivity index (χ2n) is 23.2. The van der Waals surface area contributed by atoms with Gasteiger partial charge in [0.05, 0.1) is 0 Å². The molecule has 0 radical (unpaired) electrons. The van der Waals surface area contributed by atoms with E-state index < -0.39 is 0 Å². The van der Waals surface area contributed by atoms with Gasteiger partial charge in [0.25, 0.3) is 0 Å². The van der Waals surface area contributed by atoms with Crippen LogP contribution >= 0.6 is 0 Å². The van der Waals surface area contributed by atoms with Crippen LogP contribution < -0.4 is 9.80 Å². The minimum Gasteiger partial charge on any atom is -0.310 e. The van der Waals surface area contributed by atoms with Gasteiger partial charge in [-0.2, -0.15) is 0 Å². The topological polar surface area (TPSA) is 6.48 Å². The average molecular weight is 1110 g/mol. The van der Waals surface area contributed by atoms with Crippen LogP contribution in [-0.2, 0) is 5.41 Å². The van der Waals surface area contributed by atoms with Gasteiger partial charge in [0.2, 0.25) is 0 Å². The normalized spacial score (nSPS) is 12.1. The van der Waals surface area contributed by atoms with Gasteiger partial charge in [-0.05, 0) is 196 Å². The maximum absolute atomic E-state index is 2.43. The zero-order valence-corrected chi connectivity index (χ0v) is 48.7. The van der Waals surface area contributed by atoms with Crippen molar-refractivity contribution in [1.29, 1.82) is 0 Å². The lowest BCUT2D eigenvalue weighted by atomic mass is 9.82. The van der Waals surface area contributed by atoms with Gasteiger partial charge in [-0.15, -0.1) is 0 Å². The predicted molar refractivity (Wildman–Crippen MR) is 369 cm³/mol. The zero-order chi connectivity index (χ0) is 58.3. The smallest absolute Gasteiger partial charge is 0.0467 e. The Kier molecular flexibility index (Phi) is 13.6. The molecule has 14 aromatic rings. The fraction of sp³-hybridized carbons (Fsp3) is 0.0353. The summed E-state index contributed by atoms with van der Waals surface area (Å²) in [5.41, 5.74) is 28.1. The van der Waals surface area contributed by atoms with E-state index in [-0.39, 0.29) is 5.41 Å². The summed E-state index contributed by atoms with van der Waals surface area (Å²) in [6.45, 7) is 4.73. The summed E-state index contributed by atoms with van der Waals surface area (Å²) in [6.07, 6.45) is 0. The molecule has 2 heteroatoms. The average Bonchev–Trinajstić information content (AvgIpc) is 2.02. The van der Waals surface area contributed by atoms with Crippen molar-refractivity contribution in [2.75, 3.05) is 9.80 Å². The molecule has 0 aromatic heterocycles. The minimum atomic E-state index is -0.153. The highest BCUT2D eigenvalue weighted by molar-refractivity contribution is 5.99. The number of hydrogen-bond donors (Lipinski definition) is 0. The number of hydrogen-bond acceptors (Lipinski definition) is 2.